The Morgan fingerprint density at radius 3 is 2.59 bits per heavy atom. The zero-order valence-electron chi connectivity index (χ0n) is 10.4. The first-order valence-corrected chi connectivity index (χ1v) is 6.59. The van der Waals surface area contributed by atoms with Gasteiger partial charge in [0, 0.05) is 11.1 Å². The fourth-order valence-electron chi connectivity index (χ4n) is 2.52. The summed E-state index contributed by atoms with van der Waals surface area (Å²) in [6.45, 7) is 5.10. The number of nitrogens with one attached hydrogen (secondary N) is 1. The minimum Gasteiger partial charge on any atom is -0.384 e. The van der Waals surface area contributed by atoms with Crippen LogP contribution in [0.3, 0.4) is 0 Å². The van der Waals surface area contributed by atoms with Gasteiger partial charge in [0.15, 0.2) is 0 Å². The molecule has 2 rings (SSSR count). The van der Waals surface area contributed by atoms with E-state index >= 15 is 0 Å². The molecule has 0 aromatic heterocycles. The van der Waals surface area contributed by atoms with E-state index in [0.29, 0.717) is 10.9 Å². The van der Waals surface area contributed by atoms with Crippen LogP contribution in [0, 0.1) is 5.92 Å². The van der Waals surface area contributed by atoms with Gasteiger partial charge >= 0.3 is 0 Å². The number of halogens is 1. The Morgan fingerprint density at radius 2 is 2.00 bits per heavy atom. The number of hydrogen-bond donors (Lipinski definition) is 2. The Labute approximate surface area is 108 Å². The molecule has 17 heavy (non-hydrogen) atoms. The summed E-state index contributed by atoms with van der Waals surface area (Å²) < 4.78 is 0. The molecule has 0 radical (unpaired) electrons. The van der Waals surface area contributed by atoms with Gasteiger partial charge in [0.25, 0.3) is 0 Å². The lowest BCUT2D eigenvalue weighted by Crippen LogP contribution is -2.50. The second-order valence-electron chi connectivity index (χ2n) is 5.29. The third-order valence-electron chi connectivity index (χ3n) is 3.77. The molecule has 1 fully saturated rings. The quantitative estimate of drug-likeness (QED) is 0.850. The van der Waals surface area contributed by atoms with Crippen molar-refractivity contribution in [2.75, 3.05) is 6.54 Å². The average Bonchev–Trinajstić information content (AvgIpc) is 2.29. The van der Waals surface area contributed by atoms with Crippen molar-refractivity contribution in [2.45, 2.75) is 38.3 Å². The van der Waals surface area contributed by atoms with Gasteiger partial charge in [0.05, 0.1) is 0 Å². The van der Waals surface area contributed by atoms with Crippen LogP contribution in [0.4, 0.5) is 0 Å². The maximum atomic E-state index is 10.7. The molecule has 3 atom stereocenters. The standard InChI is InChI=1S/C14H20ClNO/c1-10-7-8-16-13(9-10)14(2,17)11-3-5-12(15)6-4-11/h3-6,10,13,16-17H,7-9H2,1-2H3. The molecule has 94 valence electrons. The first-order chi connectivity index (χ1) is 8.00. The summed E-state index contributed by atoms with van der Waals surface area (Å²) in [5.41, 5.74) is 0.0905. The van der Waals surface area contributed by atoms with Crippen LogP contribution in [0.5, 0.6) is 0 Å². The second kappa shape index (κ2) is 4.97. The number of benzene rings is 1. The zero-order valence-corrected chi connectivity index (χ0v) is 11.2. The third kappa shape index (κ3) is 2.82. The molecule has 3 heteroatoms. The van der Waals surface area contributed by atoms with E-state index in [4.69, 9.17) is 11.6 Å². The van der Waals surface area contributed by atoms with E-state index in [0.717, 1.165) is 18.5 Å². The highest BCUT2D eigenvalue weighted by molar-refractivity contribution is 6.30. The maximum absolute atomic E-state index is 10.7. The van der Waals surface area contributed by atoms with Gasteiger partial charge in [-0.1, -0.05) is 30.7 Å². The van der Waals surface area contributed by atoms with Crippen molar-refractivity contribution < 1.29 is 5.11 Å². The summed E-state index contributed by atoms with van der Waals surface area (Å²) in [6.07, 6.45) is 2.20. The van der Waals surface area contributed by atoms with E-state index < -0.39 is 5.60 Å². The molecule has 2 N–H and O–H groups in total. The first kappa shape index (κ1) is 12.9. The molecule has 1 aliphatic heterocycles. The molecule has 1 aromatic rings. The van der Waals surface area contributed by atoms with Crippen LogP contribution in [-0.2, 0) is 5.60 Å². The molecule has 3 unspecified atom stereocenters. The van der Waals surface area contributed by atoms with Crippen molar-refractivity contribution in [3.8, 4) is 0 Å². The lowest BCUT2D eigenvalue weighted by Gasteiger charge is -2.39. The van der Waals surface area contributed by atoms with Crippen LogP contribution in [0.1, 0.15) is 32.3 Å². The van der Waals surface area contributed by atoms with E-state index in [1.807, 2.05) is 31.2 Å². The van der Waals surface area contributed by atoms with Gasteiger partial charge < -0.3 is 10.4 Å². The highest BCUT2D eigenvalue weighted by atomic mass is 35.5. The van der Waals surface area contributed by atoms with E-state index in [-0.39, 0.29) is 6.04 Å². The number of rotatable bonds is 2. The molecule has 1 heterocycles. The normalized spacial score (nSPS) is 28.7. The monoisotopic (exact) mass is 253 g/mol. The molecule has 0 bridgehead atoms. The largest absolute Gasteiger partial charge is 0.384 e. The molecular formula is C14H20ClNO. The Hall–Kier alpha value is -0.570. The molecule has 0 aliphatic carbocycles. The number of aliphatic hydroxyl groups is 1. The summed E-state index contributed by atoms with van der Waals surface area (Å²) in [5.74, 6) is 0.667. The summed E-state index contributed by atoms with van der Waals surface area (Å²) in [5, 5.41) is 14.8. The molecule has 0 amide bonds. The van der Waals surface area contributed by atoms with Crippen LogP contribution < -0.4 is 5.32 Å². The van der Waals surface area contributed by atoms with Crippen LogP contribution >= 0.6 is 11.6 Å². The van der Waals surface area contributed by atoms with Crippen molar-refractivity contribution >= 4 is 11.6 Å². The van der Waals surface area contributed by atoms with Crippen molar-refractivity contribution in [1.29, 1.82) is 0 Å². The van der Waals surface area contributed by atoms with Gasteiger partial charge in [-0.05, 0) is 49.9 Å². The Kier molecular flexibility index (Phi) is 3.76. The zero-order chi connectivity index (χ0) is 12.5. The van der Waals surface area contributed by atoms with Gasteiger partial charge in [-0.25, -0.2) is 0 Å². The van der Waals surface area contributed by atoms with Gasteiger partial charge in [-0.15, -0.1) is 0 Å². The highest BCUT2D eigenvalue weighted by Crippen LogP contribution is 2.31. The van der Waals surface area contributed by atoms with Crippen molar-refractivity contribution in [1.82, 2.24) is 5.32 Å². The number of hydrogen-bond acceptors (Lipinski definition) is 2. The SMILES string of the molecule is CC1CCNC(C(C)(O)c2ccc(Cl)cc2)C1. The molecule has 0 saturated carbocycles. The topological polar surface area (TPSA) is 32.3 Å². The minimum absolute atomic E-state index is 0.118. The van der Waals surface area contributed by atoms with Gasteiger partial charge in [0.1, 0.15) is 5.60 Å². The number of piperidine rings is 1. The summed E-state index contributed by atoms with van der Waals surface area (Å²) in [7, 11) is 0. The minimum atomic E-state index is -0.834. The summed E-state index contributed by atoms with van der Waals surface area (Å²) in [6, 6.07) is 7.59. The lowest BCUT2D eigenvalue weighted by molar-refractivity contribution is -0.00140. The Bertz CT molecular complexity index is 374. The highest BCUT2D eigenvalue weighted by Gasteiger charge is 2.35. The summed E-state index contributed by atoms with van der Waals surface area (Å²) in [4.78, 5) is 0. The fourth-order valence-corrected chi connectivity index (χ4v) is 2.65. The van der Waals surface area contributed by atoms with Crippen molar-refractivity contribution in [2.24, 2.45) is 5.92 Å². The van der Waals surface area contributed by atoms with Gasteiger partial charge in [-0.2, -0.15) is 0 Å². The van der Waals surface area contributed by atoms with Gasteiger partial charge in [-0.3, -0.25) is 0 Å². The van der Waals surface area contributed by atoms with Crippen molar-refractivity contribution in [3.05, 3.63) is 34.9 Å². The molecule has 1 saturated heterocycles. The van der Waals surface area contributed by atoms with Crippen LogP contribution in [0.15, 0.2) is 24.3 Å². The van der Waals surface area contributed by atoms with E-state index in [9.17, 15) is 5.11 Å². The Morgan fingerprint density at radius 1 is 1.35 bits per heavy atom. The predicted octanol–water partition coefficient (Wildman–Crippen LogP) is 2.94. The van der Waals surface area contributed by atoms with E-state index in [1.165, 1.54) is 6.42 Å². The smallest absolute Gasteiger partial charge is 0.102 e. The second-order valence-corrected chi connectivity index (χ2v) is 5.73. The average molecular weight is 254 g/mol. The third-order valence-corrected chi connectivity index (χ3v) is 4.03. The van der Waals surface area contributed by atoms with E-state index in [2.05, 4.69) is 12.2 Å². The molecule has 2 nitrogen and oxygen atoms in total. The maximum Gasteiger partial charge on any atom is 0.102 e. The van der Waals surface area contributed by atoms with Crippen LogP contribution in [-0.4, -0.2) is 17.7 Å². The molecular weight excluding hydrogens is 234 g/mol. The Balaban J connectivity index is 2.19. The van der Waals surface area contributed by atoms with Crippen molar-refractivity contribution in [3.63, 3.8) is 0 Å². The fraction of sp³-hybridized carbons (Fsp3) is 0.571. The summed E-state index contributed by atoms with van der Waals surface area (Å²) >= 11 is 5.87. The molecule has 0 spiro atoms. The molecule has 1 aromatic carbocycles. The predicted molar refractivity (Wildman–Crippen MR) is 71.2 cm³/mol. The van der Waals surface area contributed by atoms with Crippen LogP contribution in [0.2, 0.25) is 5.02 Å². The van der Waals surface area contributed by atoms with Crippen LogP contribution in [0.25, 0.3) is 0 Å². The lowest BCUT2D eigenvalue weighted by atomic mass is 9.80. The van der Waals surface area contributed by atoms with Gasteiger partial charge in [0.2, 0.25) is 0 Å². The first-order valence-electron chi connectivity index (χ1n) is 6.22. The molecule has 1 aliphatic rings. The van der Waals surface area contributed by atoms with E-state index in [1.54, 1.807) is 0 Å².